The predicted octanol–water partition coefficient (Wildman–Crippen LogP) is 6.58. The van der Waals surface area contributed by atoms with Crippen molar-refractivity contribution in [1.82, 2.24) is 10.6 Å². The SMILES string of the molecule is CCCCCCCCCCCCCCCCCCN[C@@H](CC(=O)O)C(=O)N[C@@H](Cc1ccccc1)C(=O)OC. The van der Waals surface area contributed by atoms with E-state index >= 15 is 0 Å². The van der Waals surface area contributed by atoms with Gasteiger partial charge in [-0.2, -0.15) is 0 Å². The lowest BCUT2D eigenvalue weighted by Crippen LogP contribution is -2.52. The highest BCUT2D eigenvalue weighted by Crippen LogP contribution is 2.14. The number of hydrogen-bond acceptors (Lipinski definition) is 5. The van der Waals surface area contributed by atoms with Crippen LogP contribution in [0.5, 0.6) is 0 Å². The number of benzene rings is 1. The number of unbranched alkanes of at least 4 members (excludes halogenated alkanes) is 15. The number of aliphatic carboxylic acids is 1. The first-order chi connectivity index (χ1) is 19.0. The van der Waals surface area contributed by atoms with Crippen molar-refractivity contribution in [3.8, 4) is 0 Å². The van der Waals surface area contributed by atoms with Crippen molar-refractivity contribution < 1.29 is 24.2 Å². The fourth-order valence-corrected chi connectivity index (χ4v) is 4.84. The maximum Gasteiger partial charge on any atom is 0.328 e. The van der Waals surface area contributed by atoms with E-state index in [2.05, 4.69) is 17.6 Å². The summed E-state index contributed by atoms with van der Waals surface area (Å²) in [5, 5.41) is 15.1. The summed E-state index contributed by atoms with van der Waals surface area (Å²) in [4.78, 5) is 36.5. The molecule has 0 aliphatic rings. The maximum atomic E-state index is 12.9. The first kappa shape index (κ1) is 34.6. The van der Waals surface area contributed by atoms with Gasteiger partial charge in [0.2, 0.25) is 5.91 Å². The summed E-state index contributed by atoms with van der Waals surface area (Å²) in [6.07, 6.45) is 20.6. The van der Waals surface area contributed by atoms with E-state index in [9.17, 15) is 19.5 Å². The highest BCUT2D eigenvalue weighted by atomic mass is 16.5. The molecule has 0 aromatic heterocycles. The molecule has 0 spiro atoms. The lowest BCUT2D eigenvalue weighted by Gasteiger charge is -2.21. The summed E-state index contributed by atoms with van der Waals surface area (Å²) in [5.74, 6) is -2.12. The molecule has 3 N–H and O–H groups in total. The Morgan fingerprint density at radius 2 is 1.23 bits per heavy atom. The number of amides is 1. The number of hydrogen-bond donors (Lipinski definition) is 3. The van der Waals surface area contributed by atoms with Crippen molar-refractivity contribution in [2.75, 3.05) is 13.7 Å². The summed E-state index contributed by atoms with van der Waals surface area (Å²) in [6, 6.07) is 7.55. The van der Waals surface area contributed by atoms with Gasteiger partial charge in [0.1, 0.15) is 6.04 Å². The van der Waals surface area contributed by atoms with Crippen LogP contribution in [0.15, 0.2) is 30.3 Å². The second kappa shape index (κ2) is 23.5. The third-order valence-electron chi connectivity index (χ3n) is 7.20. The van der Waals surface area contributed by atoms with E-state index in [1.165, 1.54) is 90.6 Å². The number of carboxylic acid groups (broad SMARTS) is 1. The summed E-state index contributed by atoms with van der Waals surface area (Å²) in [5.41, 5.74) is 0.879. The van der Waals surface area contributed by atoms with Gasteiger partial charge in [0, 0.05) is 6.42 Å². The number of carbonyl (C=O) groups excluding carboxylic acids is 2. The Morgan fingerprint density at radius 1 is 0.744 bits per heavy atom. The molecule has 1 aromatic rings. The quantitative estimate of drug-likeness (QED) is 0.0945. The minimum Gasteiger partial charge on any atom is -0.481 e. The minimum atomic E-state index is -1.06. The number of esters is 1. The standard InChI is InChI=1S/C32H54N2O5/c1-3-4-5-6-7-8-9-10-11-12-13-14-15-16-17-21-24-33-28(26-30(35)36)31(37)34-29(32(38)39-2)25-27-22-19-18-20-23-27/h18-20,22-23,28-29,33H,3-17,21,24-26H2,1-2H3,(H,34,37)(H,35,36)/t28-,29-/m0/s1. The van der Waals surface area contributed by atoms with Crippen LogP contribution in [0.4, 0.5) is 0 Å². The van der Waals surface area contributed by atoms with Crippen molar-refractivity contribution in [3.05, 3.63) is 35.9 Å². The Bertz CT molecular complexity index is 771. The molecule has 0 saturated heterocycles. The zero-order valence-corrected chi connectivity index (χ0v) is 24.6. The number of carboxylic acids is 1. The Hall–Kier alpha value is -2.41. The van der Waals surface area contributed by atoms with E-state index in [-0.39, 0.29) is 12.8 Å². The Labute approximate surface area is 236 Å². The van der Waals surface area contributed by atoms with Crippen molar-refractivity contribution in [3.63, 3.8) is 0 Å². The average molecular weight is 547 g/mol. The maximum absolute atomic E-state index is 12.9. The topological polar surface area (TPSA) is 105 Å². The van der Waals surface area contributed by atoms with Gasteiger partial charge in [-0.15, -0.1) is 0 Å². The van der Waals surface area contributed by atoms with Crippen LogP contribution in [-0.4, -0.2) is 48.7 Å². The molecule has 39 heavy (non-hydrogen) atoms. The molecule has 0 aliphatic heterocycles. The second-order valence-electron chi connectivity index (χ2n) is 10.7. The molecule has 0 saturated carbocycles. The van der Waals surface area contributed by atoms with Gasteiger partial charge in [-0.3, -0.25) is 9.59 Å². The van der Waals surface area contributed by atoms with Gasteiger partial charge in [-0.1, -0.05) is 134 Å². The number of methoxy groups -OCH3 is 1. The van der Waals surface area contributed by atoms with Gasteiger partial charge in [0.05, 0.1) is 19.6 Å². The second-order valence-corrected chi connectivity index (χ2v) is 10.7. The van der Waals surface area contributed by atoms with Crippen LogP contribution in [-0.2, 0) is 25.5 Å². The summed E-state index contributed by atoms with van der Waals surface area (Å²) < 4.78 is 4.85. The third-order valence-corrected chi connectivity index (χ3v) is 7.20. The van der Waals surface area contributed by atoms with Crippen molar-refractivity contribution >= 4 is 17.8 Å². The molecule has 1 rings (SSSR count). The molecule has 0 fully saturated rings. The van der Waals surface area contributed by atoms with Crippen molar-refractivity contribution in [2.24, 2.45) is 0 Å². The number of ether oxygens (including phenoxy) is 1. The van der Waals surface area contributed by atoms with E-state index in [1.54, 1.807) is 0 Å². The number of nitrogens with one attached hydrogen (secondary N) is 2. The van der Waals surface area contributed by atoms with Gasteiger partial charge >= 0.3 is 11.9 Å². The smallest absolute Gasteiger partial charge is 0.328 e. The molecule has 0 heterocycles. The lowest BCUT2D eigenvalue weighted by atomic mass is 10.0. The first-order valence-electron chi connectivity index (χ1n) is 15.3. The van der Waals surface area contributed by atoms with Gasteiger partial charge < -0.3 is 20.5 Å². The van der Waals surface area contributed by atoms with Crippen LogP contribution in [0.2, 0.25) is 0 Å². The molecule has 1 amide bonds. The van der Waals surface area contributed by atoms with Gasteiger partial charge in [-0.25, -0.2) is 4.79 Å². The van der Waals surface area contributed by atoms with E-state index in [4.69, 9.17) is 4.74 Å². The zero-order valence-electron chi connectivity index (χ0n) is 24.6. The highest BCUT2D eigenvalue weighted by Gasteiger charge is 2.27. The largest absolute Gasteiger partial charge is 0.481 e. The monoisotopic (exact) mass is 546 g/mol. The highest BCUT2D eigenvalue weighted by molar-refractivity contribution is 5.90. The fourth-order valence-electron chi connectivity index (χ4n) is 4.84. The van der Waals surface area contributed by atoms with E-state index < -0.39 is 29.9 Å². The molecular weight excluding hydrogens is 492 g/mol. The van der Waals surface area contributed by atoms with Crippen LogP contribution in [0.3, 0.4) is 0 Å². The fraction of sp³-hybridized carbons (Fsp3) is 0.719. The van der Waals surface area contributed by atoms with Crippen LogP contribution in [0.1, 0.15) is 122 Å². The summed E-state index contributed by atoms with van der Waals surface area (Å²) in [7, 11) is 1.27. The van der Waals surface area contributed by atoms with Crippen LogP contribution >= 0.6 is 0 Å². The first-order valence-corrected chi connectivity index (χ1v) is 15.3. The summed E-state index contributed by atoms with van der Waals surface area (Å²) in [6.45, 7) is 2.82. The molecule has 2 atom stereocenters. The van der Waals surface area contributed by atoms with Crippen LogP contribution in [0, 0.1) is 0 Å². The molecule has 7 heteroatoms. The molecule has 1 aromatic carbocycles. The minimum absolute atomic E-state index is 0.276. The zero-order chi connectivity index (χ0) is 28.6. The van der Waals surface area contributed by atoms with Crippen molar-refractivity contribution in [2.45, 2.75) is 135 Å². The number of carbonyl (C=O) groups is 3. The third kappa shape index (κ3) is 18.5. The summed E-state index contributed by atoms with van der Waals surface area (Å²) >= 11 is 0. The predicted molar refractivity (Wildman–Crippen MR) is 158 cm³/mol. The Balaban J connectivity index is 2.20. The molecule has 0 aliphatic carbocycles. The van der Waals surface area contributed by atoms with Crippen LogP contribution < -0.4 is 10.6 Å². The number of rotatable bonds is 25. The van der Waals surface area contributed by atoms with E-state index in [1.807, 2.05) is 30.3 Å². The molecular formula is C32H54N2O5. The van der Waals surface area contributed by atoms with Gasteiger partial charge in [0.15, 0.2) is 0 Å². The molecule has 0 unspecified atom stereocenters. The molecule has 7 nitrogen and oxygen atoms in total. The van der Waals surface area contributed by atoms with Gasteiger partial charge in [-0.05, 0) is 18.5 Å². The Morgan fingerprint density at radius 3 is 1.69 bits per heavy atom. The molecule has 0 radical (unpaired) electrons. The normalized spacial score (nSPS) is 12.6. The van der Waals surface area contributed by atoms with Crippen LogP contribution in [0.25, 0.3) is 0 Å². The lowest BCUT2D eigenvalue weighted by molar-refractivity contribution is -0.145. The average Bonchev–Trinajstić information content (AvgIpc) is 2.93. The Kier molecular flexibility index (Phi) is 20.8. The van der Waals surface area contributed by atoms with Gasteiger partial charge in [0.25, 0.3) is 0 Å². The molecule has 222 valence electrons. The van der Waals surface area contributed by atoms with Crippen molar-refractivity contribution in [1.29, 1.82) is 0 Å². The van der Waals surface area contributed by atoms with E-state index in [0.717, 1.165) is 24.8 Å². The molecule has 0 bridgehead atoms. The van der Waals surface area contributed by atoms with E-state index in [0.29, 0.717) is 6.54 Å².